The van der Waals surface area contributed by atoms with Gasteiger partial charge in [-0.05, 0) is 68.8 Å². The molecule has 1 aliphatic rings. The van der Waals surface area contributed by atoms with Crippen molar-refractivity contribution < 1.29 is 22.7 Å². The second kappa shape index (κ2) is 8.98. The van der Waals surface area contributed by atoms with Gasteiger partial charge in [0.05, 0.1) is 6.04 Å². The summed E-state index contributed by atoms with van der Waals surface area (Å²) in [5, 5.41) is 5.64. The zero-order chi connectivity index (χ0) is 24.6. The first-order valence-electron chi connectivity index (χ1n) is 10.8. The number of ether oxygens (including phenoxy) is 1. The summed E-state index contributed by atoms with van der Waals surface area (Å²) in [6.07, 6.45) is -4.76. The van der Waals surface area contributed by atoms with E-state index < -0.39 is 29.4 Å². The first-order chi connectivity index (χ1) is 16.1. The molecule has 0 saturated heterocycles. The minimum atomic E-state index is -4.75. The number of rotatable bonds is 5. The summed E-state index contributed by atoms with van der Waals surface area (Å²) in [5.74, 6) is 0.368. The number of aryl methyl sites for hydroxylation is 2. The number of hydrogen-bond donors (Lipinski definition) is 3. The van der Waals surface area contributed by atoms with E-state index in [0.717, 1.165) is 22.8 Å². The average Bonchev–Trinajstić information content (AvgIpc) is 2.76. The Labute approximate surface area is 194 Å². The quantitative estimate of drug-likeness (QED) is 0.515. The van der Waals surface area contributed by atoms with Gasteiger partial charge in [0.2, 0.25) is 0 Å². The number of halogens is 3. The topological polar surface area (TPSA) is 83.2 Å². The Kier molecular flexibility index (Phi) is 6.22. The molecule has 0 saturated carbocycles. The number of fused-ring (bicyclic) bond motifs is 2. The van der Waals surface area contributed by atoms with Gasteiger partial charge in [0.1, 0.15) is 22.8 Å². The van der Waals surface area contributed by atoms with Crippen molar-refractivity contribution in [1.82, 2.24) is 15.6 Å². The summed E-state index contributed by atoms with van der Waals surface area (Å²) in [4.78, 5) is 27.7. The molecular formula is C25H24F3N3O3. The summed E-state index contributed by atoms with van der Waals surface area (Å²) < 4.78 is 46.4. The van der Waals surface area contributed by atoms with Crippen LogP contribution in [0.5, 0.6) is 11.5 Å². The molecule has 0 bridgehead atoms. The Hall–Kier alpha value is -3.59. The third-order valence-corrected chi connectivity index (χ3v) is 5.84. The number of pyridine rings is 1. The van der Waals surface area contributed by atoms with Crippen molar-refractivity contribution in [1.29, 1.82) is 0 Å². The number of H-pyrrole nitrogens is 1. The van der Waals surface area contributed by atoms with Crippen molar-refractivity contribution in [2.24, 2.45) is 0 Å². The van der Waals surface area contributed by atoms with Crippen LogP contribution in [-0.4, -0.2) is 24.5 Å². The van der Waals surface area contributed by atoms with E-state index in [9.17, 15) is 22.8 Å². The molecule has 1 aliphatic heterocycles. The first-order valence-corrected chi connectivity index (χ1v) is 10.8. The highest BCUT2D eigenvalue weighted by Crippen LogP contribution is 2.44. The normalized spacial score (nSPS) is 14.7. The Morgan fingerprint density at radius 2 is 1.88 bits per heavy atom. The molecule has 9 heteroatoms. The number of likely N-dealkylation sites (N-methyl/N-ethyl adjacent to an activating group) is 1. The van der Waals surface area contributed by atoms with Crippen LogP contribution in [0.2, 0.25) is 0 Å². The highest BCUT2D eigenvalue weighted by atomic mass is 19.4. The van der Waals surface area contributed by atoms with Crippen LogP contribution in [0, 0.1) is 13.8 Å². The van der Waals surface area contributed by atoms with Gasteiger partial charge < -0.3 is 20.4 Å². The molecule has 1 unspecified atom stereocenters. The van der Waals surface area contributed by atoms with Gasteiger partial charge in [-0.1, -0.05) is 24.3 Å². The van der Waals surface area contributed by atoms with Crippen LogP contribution in [0.25, 0.3) is 0 Å². The molecular weight excluding hydrogens is 447 g/mol. The fourth-order valence-electron chi connectivity index (χ4n) is 4.17. The van der Waals surface area contributed by atoms with Gasteiger partial charge in [-0.25, -0.2) is 0 Å². The highest BCUT2D eigenvalue weighted by molar-refractivity contribution is 5.94. The maximum absolute atomic E-state index is 13.5. The van der Waals surface area contributed by atoms with Gasteiger partial charge in [-0.2, -0.15) is 13.2 Å². The lowest BCUT2D eigenvalue weighted by Crippen LogP contribution is -2.36. The summed E-state index contributed by atoms with van der Waals surface area (Å²) in [6.45, 7) is 4.04. The second-order valence-electron chi connectivity index (χ2n) is 8.30. The number of alkyl halides is 3. The monoisotopic (exact) mass is 471 g/mol. The van der Waals surface area contributed by atoms with Crippen LogP contribution in [-0.2, 0) is 12.6 Å². The summed E-state index contributed by atoms with van der Waals surface area (Å²) in [7, 11) is 1.61. The number of carbonyl (C=O) groups excluding carboxylic acids is 1. The fourth-order valence-corrected chi connectivity index (χ4v) is 4.17. The molecule has 0 radical (unpaired) electrons. The van der Waals surface area contributed by atoms with E-state index in [1.807, 2.05) is 49.2 Å². The summed E-state index contributed by atoms with van der Waals surface area (Å²) in [5.41, 5.74) is 0.473. The number of hydrogen-bond acceptors (Lipinski definition) is 4. The van der Waals surface area contributed by atoms with Crippen LogP contribution in [0.1, 0.15) is 49.9 Å². The van der Waals surface area contributed by atoms with Gasteiger partial charge in [0.15, 0.2) is 0 Å². The number of carbonyl (C=O) groups is 1. The first kappa shape index (κ1) is 23.6. The number of aromatic nitrogens is 1. The number of amides is 1. The number of nitrogens with one attached hydrogen (secondary N) is 3. The highest BCUT2D eigenvalue weighted by Gasteiger charge is 2.36. The minimum absolute atomic E-state index is 0.0102. The molecule has 1 amide bonds. The van der Waals surface area contributed by atoms with Crippen molar-refractivity contribution in [3.8, 4) is 11.5 Å². The molecule has 0 aliphatic carbocycles. The second-order valence-corrected chi connectivity index (χ2v) is 8.30. The van der Waals surface area contributed by atoms with Crippen LogP contribution in [0.4, 0.5) is 13.2 Å². The molecule has 6 nitrogen and oxygen atoms in total. The van der Waals surface area contributed by atoms with E-state index in [4.69, 9.17) is 4.74 Å². The molecule has 3 aromatic rings. The van der Waals surface area contributed by atoms with Gasteiger partial charge in [-0.15, -0.1) is 0 Å². The van der Waals surface area contributed by atoms with E-state index >= 15 is 0 Å². The minimum Gasteiger partial charge on any atom is -0.457 e. The molecule has 3 N–H and O–H groups in total. The Morgan fingerprint density at radius 3 is 2.59 bits per heavy atom. The maximum atomic E-state index is 13.5. The van der Waals surface area contributed by atoms with Gasteiger partial charge in [-0.3, -0.25) is 9.59 Å². The molecule has 1 atom stereocenters. The molecule has 1 aromatic heterocycles. The summed E-state index contributed by atoms with van der Waals surface area (Å²) >= 11 is 0. The third-order valence-electron chi connectivity index (χ3n) is 5.84. The lowest BCUT2D eigenvalue weighted by molar-refractivity contribution is -0.142. The van der Waals surface area contributed by atoms with Gasteiger partial charge in [0.25, 0.3) is 11.5 Å². The predicted molar refractivity (Wildman–Crippen MR) is 121 cm³/mol. The van der Waals surface area contributed by atoms with Crippen molar-refractivity contribution in [3.63, 3.8) is 0 Å². The van der Waals surface area contributed by atoms with E-state index in [1.165, 1.54) is 0 Å². The van der Waals surface area contributed by atoms with Crippen LogP contribution in [0.15, 0.2) is 47.3 Å². The molecule has 2 aromatic carbocycles. The molecule has 34 heavy (non-hydrogen) atoms. The largest absolute Gasteiger partial charge is 0.457 e. The molecule has 0 fully saturated rings. The molecule has 178 valence electrons. The SMILES string of the molecule is CNCCc1cc(C(=O)NC2c3ccc(C)cc3Oc3cccc(C)c32)c(=O)[nH]c1C(F)(F)F. The summed E-state index contributed by atoms with van der Waals surface area (Å²) in [6, 6.07) is 11.4. The predicted octanol–water partition coefficient (Wildman–Crippen LogP) is 4.40. The Morgan fingerprint density at radius 1 is 1.12 bits per heavy atom. The Bertz CT molecular complexity index is 1310. The van der Waals surface area contributed by atoms with Crippen molar-refractivity contribution >= 4 is 5.91 Å². The van der Waals surface area contributed by atoms with Crippen molar-refractivity contribution in [2.45, 2.75) is 32.5 Å². The lowest BCUT2D eigenvalue weighted by Gasteiger charge is -2.30. The number of benzene rings is 2. The van der Waals surface area contributed by atoms with Crippen molar-refractivity contribution in [3.05, 3.63) is 91.9 Å². The van der Waals surface area contributed by atoms with Crippen molar-refractivity contribution in [2.75, 3.05) is 13.6 Å². The van der Waals surface area contributed by atoms with E-state index in [-0.39, 0.29) is 24.1 Å². The third kappa shape index (κ3) is 4.43. The molecule has 4 rings (SSSR count). The molecule has 2 heterocycles. The fraction of sp³-hybridized carbons (Fsp3) is 0.280. The van der Waals surface area contributed by atoms with Crippen LogP contribution >= 0.6 is 0 Å². The maximum Gasteiger partial charge on any atom is 0.431 e. The van der Waals surface area contributed by atoms with Crippen LogP contribution in [0.3, 0.4) is 0 Å². The molecule has 0 spiro atoms. The number of aromatic amines is 1. The van der Waals surface area contributed by atoms with E-state index in [1.54, 1.807) is 13.1 Å². The zero-order valence-electron chi connectivity index (χ0n) is 18.9. The van der Waals surface area contributed by atoms with Gasteiger partial charge in [0, 0.05) is 11.1 Å². The van der Waals surface area contributed by atoms with E-state index in [0.29, 0.717) is 17.1 Å². The zero-order valence-corrected chi connectivity index (χ0v) is 18.9. The van der Waals surface area contributed by atoms with Crippen LogP contribution < -0.4 is 20.9 Å². The average molecular weight is 471 g/mol. The Balaban J connectivity index is 1.77. The standard InChI is InChI=1S/C25H24F3N3O3/c1-13-7-8-16-19(11-13)34-18-6-4-5-14(2)20(18)21(16)30-23(32)17-12-15(9-10-29-3)22(25(26,27)28)31-24(17)33/h4-8,11-12,21,29H,9-10H2,1-3H3,(H,30,32)(H,31,33). The van der Waals surface area contributed by atoms with E-state index in [2.05, 4.69) is 10.6 Å². The smallest absolute Gasteiger partial charge is 0.431 e. The lowest BCUT2D eigenvalue weighted by atomic mass is 9.90. The van der Waals surface area contributed by atoms with Gasteiger partial charge >= 0.3 is 6.18 Å².